The first kappa shape index (κ1) is 84.0. The van der Waals surface area contributed by atoms with Gasteiger partial charge in [0, 0.05) is 26.3 Å². The molecule has 3 unspecified atom stereocenters. The first-order valence-electron chi connectivity index (χ1n) is 31.4. The van der Waals surface area contributed by atoms with Crippen molar-refractivity contribution >= 4 is 59.2 Å². The molecule has 4 aliphatic rings. The van der Waals surface area contributed by atoms with E-state index in [0.717, 1.165) is 6.92 Å². The zero-order chi connectivity index (χ0) is 73.2. The van der Waals surface area contributed by atoms with Gasteiger partial charge in [0.25, 0.3) is 0 Å². The summed E-state index contributed by atoms with van der Waals surface area (Å²) in [6.07, 6.45) is -35.0. The number of carbonyl (C=O) groups excluding carboxylic acids is 7. The van der Waals surface area contributed by atoms with Crippen molar-refractivity contribution in [3.8, 4) is 0 Å². The Balaban J connectivity index is 1.49. The number of rotatable bonds is 40. The number of aliphatic carboxylic acids is 2. The molecule has 43 nitrogen and oxygen atoms in total. The standard InChI is InChI=1S/C55H96N12O31/c1-21-38(80)41(83)42(84)53(92-21)98-46-37(63-22(2)72)52(94-30(20-71)44(46)97-54-43(85)47(40(82)29(19-70)93-54)96-35-14-27(73)36(57)45(95-35)39(81)28(74)18-69)91-12-6-9-31(75)64-23(7-3-4-10-56)48(86)61-15-32(76)65-24(8-5-11-60-55(58)59)49(87)62-16-33(77)66-25(13-34(78)79)50(88)67-26(17-68)51(89)90/h21,23-30,35-47,52-54,68-71,73-74,80-85H,3-20,56-57H2,1-2H3,(H,61,86)(H,62,87)(H,63,72)(H,64,75)(H,65,76)(H,66,77)(H,67,88)(H,78,79)(H,89,90)(H4,58,59,60)/t21-,23+,24+,25+,26+,27+,28?,29-,30-,35-,36-,37-,38+,39?,40+,41+,42-,43-,44-,45-,46-,47+,52-,53-,54?/m1/s1. The molecule has 0 aromatic carbocycles. The van der Waals surface area contributed by atoms with Crippen LogP contribution in [0.25, 0.3) is 0 Å². The summed E-state index contributed by atoms with van der Waals surface area (Å²) in [5.74, 6) is -10.3. The second kappa shape index (κ2) is 41.4. The van der Waals surface area contributed by atoms with Crippen LogP contribution in [-0.4, -0.2) is 343 Å². The predicted molar refractivity (Wildman–Crippen MR) is 323 cm³/mol. The summed E-state index contributed by atoms with van der Waals surface area (Å²) in [7, 11) is 0. The summed E-state index contributed by atoms with van der Waals surface area (Å²) in [6, 6.07) is -9.41. The summed E-state index contributed by atoms with van der Waals surface area (Å²) in [4.78, 5) is 119. The fourth-order valence-corrected chi connectivity index (χ4v) is 10.6. The van der Waals surface area contributed by atoms with Crippen LogP contribution in [0.4, 0.5) is 0 Å². The largest absolute Gasteiger partial charge is 0.481 e. The Morgan fingerprint density at radius 2 is 1.19 bits per heavy atom. The molecule has 0 spiro atoms. The average molecular weight is 1420 g/mol. The smallest absolute Gasteiger partial charge is 0.328 e. The summed E-state index contributed by atoms with van der Waals surface area (Å²) in [5.41, 5.74) is 22.5. The van der Waals surface area contributed by atoms with E-state index in [0.29, 0.717) is 12.8 Å². The van der Waals surface area contributed by atoms with E-state index < -0.39 is 265 Å². The zero-order valence-corrected chi connectivity index (χ0v) is 53.6. The molecule has 0 aliphatic carbocycles. The molecule has 0 saturated carbocycles. The molecule has 0 aromatic heterocycles. The molecule has 4 saturated heterocycles. The molecule has 562 valence electrons. The van der Waals surface area contributed by atoms with E-state index in [-0.39, 0.29) is 51.2 Å². The van der Waals surface area contributed by atoms with E-state index >= 15 is 0 Å². The summed E-state index contributed by atoms with van der Waals surface area (Å²) in [6.45, 7) is -3.57. The minimum Gasteiger partial charge on any atom is -0.481 e. The molecular weight excluding hydrogens is 1320 g/mol. The molecule has 0 radical (unpaired) electrons. The highest BCUT2D eigenvalue weighted by molar-refractivity contribution is 5.96. The van der Waals surface area contributed by atoms with Crippen molar-refractivity contribution < 1.29 is 153 Å². The van der Waals surface area contributed by atoms with E-state index in [1.54, 1.807) is 0 Å². The number of aliphatic hydroxyl groups is 12. The van der Waals surface area contributed by atoms with Crippen molar-refractivity contribution in [3.05, 3.63) is 0 Å². The van der Waals surface area contributed by atoms with Crippen LogP contribution in [0.1, 0.15) is 71.6 Å². The van der Waals surface area contributed by atoms with Crippen LogP contribution < -0.4 is 60.2 Å². The number of amides is 7. The lowest BCUT2D eigenvalue weighted by molar-refractivity contribution is -0.381. The Labute approximate surface area is 559 Å². The molecule has 43 heteroatoms. The van der Waals surface area contributed by atoms with Crippen molar-refractivity contribution in [1.29, 1.82) is 0 Å². The Bertz CT molecular complexity index is 2610. The third-order valence-corrected chi connectivity index (χ3v) is 15.9. The quantitative estimate of drug-likeness (QED) is 0.0154. The first-order valence-corrected chi connectivity index (χ1v) is 31.4. The lowest BCUT2D eigenvalue weighted by atomic mass is 9.92. The number of nitrogens with zero attached hydrogens (tertiary/aromatic N) is 1. The van der Waals surface area contributed by atoms with Gasteiger partial charge in [-0.2, -0.15) is 0 Å². The van der Waals surface area contributed by atoms with Crippen molar-refractivity contribution in [2.75, 3.05) is 59.2 Å². The number of nitrogens with two attached hydrogens (primary N) is 4. The van der Waals surface area contributed by atoms with E-state index in [1.165, 1.54) is 6.92 Å². The fourth-order valence-electron chi connectivity index (χ4n) is 10.6. The van der Waals surface area contributed by atoms with Gasteiger partial charge in [-0.3, -0.25) is 43.3 Å². The third-order valence-electron chi connectivity index (χ3n) is 15.9. The van der Waals surface area contributed by atoms with E-state index in [4.69, 9.17) is 65.9 Å². The van der Waals surface area contributed by atoms with E-state index in [9.17, 15) is 110 Å². The Kier molecular flexibility index (Phi) is 35.5. The second-order valence-corrected chi connectivity index (χ2v) is 23.5. The molecular formula is C55H96N12O31. The number of hydrogen-bond donors (Lipinski definition) is 25. The Hall–Kier alpha value is -6.38. The van der Waals surface area contributed by atoms with Crippen molar-refractivity contribution in [1.82, 2.24) is 37.2 Å². The van der Waals surface area contributed by atoms with Crippen LogP contribution in [-0.2, 0) is 81.0 Å². The Morgan fingerprint density at radius 1 is 0.612 bits per heavy atom. The topological polar surface area (TPSA) is 711 Å². The molecule has 98 heavy (non-hydrogen) atoms. The molecule has 7 amide bonds. The van der Waals surface area contributed by atoms with Crippen LogP contribution >= 0.6 is 0 Å². The van der Waals surface area contributed by atoms with Gasteiger partial charge in [0.2, 0.25) is 41.4 Å². The van der Waals surface area contributed by atoms with Crippen molar-refractivity contribution in [2.45, 2.75) is 225 Å². The predicted octanol–water partition coefficient (Wildman–Crippen LogP) is -14.1. The number of guanidine groups is 1. The highest BCUT2D eigenvalue weighted by atomic mass is 16.8. The second-order valence-electron chi connectivity index (χ2n) is 23.5. The molecule has 4 heterocycles. The number of nitrogens with one attached hydrogen (secondary N) is 7. The maximum atomic E-state index is 13.7. The molecule has 4 rings (SSSR count). The van der Waals surface area contributed by atoms with Gasteiger partial charge in [0.05, 0.1) is 70.8 Å². The van der Waals surface area contributed by atoms with Crippen LogP contribution in [0, 0.1) is 0 Å². The maximum Gasteiger partial charge on any atom is 0.328 e. The SMILES string of the molecule is CC(=O)N[C@H]1[C@H](OCCCC(=O)N[C@@H](CCCCN)C(=O)NCC(=O)N[C@@H](CCCN=C(N)N)C(=O)NCC(=O)N[C@@H](CC(=O)O)C(=O)N[C@@H](CO)C(=O)O)O[C@H](CO)[C@@H](OC2O[C@H](CO)[C@H](O)[C@H](O[C@@H]3C[C@H](O)[C@@H](N)[C@H](C(O)C(O)CO)O3)[C@H]2O)[C@@H]1O[C@H]1O[C@H](C)[C@H](O)[C@H](O)[C@H]1O. The number of unbranched alkanes of at least 4 members (excludes halogenated alkanes) is 1. The lowest BCUT2D eigenvalue weighted by Crippen LogP contribution is -2.70. The Morgan fingerprint density at radius 3 is 1.76 bits per heavy atom. The molecule has 4 aliphatic heterocycles. The molecule has 0 bridgehead atoms. The summed E-state index contributed by atoms with van der Waals surface area (Å²) in [5, 5.41) is 162. The van der Waals surface area contributed by atoms with Crippen LogP contribution in [0.2, 0.25) is 0 Å². The highest BCUT2D eigenvalue weighted by Crippen LogP contribution is 2.36. The van der Waals surface area contributed by atoms with Crippen LogP contribution in [0.3, 0.4) is 0 Å². The van der Waals surface area contributed by atoms with E-state index in [1.807, 2.05) is 10.6 Å². The van der Waals surface area contributed by atoms with Gasteiger partial charge in [-0.05, 0) is 52.0 Å². The number of aliphatic imine (C=N–C) groups is 1. The molecule has 25 atom stereocenters. The van der Waals surface area contributed by atoms with Crippen LogP contribution in [0.15, 0.2) is 4.99 Å². The van der Waals surface area contributed by atoms with Gasteiger partial charge in [0.1, 0.15) is 110 Å². The minimum absolute atomic E-state index is 0.00754. The van der Waals surface area contributed by atoms with Crippen molar-refractivity contribution in [3.63, 3.8) is 0 Å². The fraction of sp³-hybridized carbons (Fsp3) is 0.818. The number of ether oxygens (including phenoxy) is 8. The number of hydrogen-bond acceptors (Lipinski definition) is 32. The molecule has 29 N–H and O–H groups in total. The highest BCUT2D eigenvalue weighted by Gasteiger charge is 2.56. The van der Waals surface area contributed by atoms with Gasteiger partial charge >= 0.3 is 11.9 Å². The number of carbonyl (C=O) groups is 9. The summed E-state index contributed by atoms with van der Waals surface area (Å²) >= 11 is 0. The van der Waals surface area contributed by atoms with Crippen molar-refractivity contribution in [2.24, 2.45) is 27.9 Å². The monoisotopic (exact) mass is 1420 g/mol. The number of carboxylic acids is 2. The lowest BCUT2D eigenvalue weighted by Gasteiger charge is -2.50. The first-order chi connectivity index (χ1) is 46.3. The normalized spacial score (nSPS) is 31.3. The molecule has 4 fully saturated rings. The third kappa shape index (κ3) is 25.4. The van der Waals surface area contributed by atoms with Gasteiger partial charge in [-0.15, -0.1) is 0 Å². The van der Waals surface area contributed by atoms with Gasteiger partial charge in [0.15, 0.2) is 31.1 Å². The van der Waals surface area contributed by atoms with Crippen LogP contribution in [0.5, 0.6) is 0 Å². The number of aliphatic hydroxyl groups excluding tert-OH is 12. The minimum atomic E-state index is -2.12. The molecule has 0 aromatic rings. The van der Waals surface area contributed by atoms with Gasteiger partial charge in [-0.1, -0.05) is 0 Å². The van der Waals surface area contributed by atoms with E-state index in [2.05, 4.69) is 31.6 Å². The zero-order valence-electron chi connectivity index (χ0n) is 53.6. The van der Waals surface area contributed by atoms with Gasteiger partial charge in [-0.25, -0.2) is 4.79 Å². The summed E-state index contributed by atoms with van der Waals surface area (Å²) < 4.78 is 47.8. The van der Waals surface area contributed by atoms with Gasteiger partial charge < -0.3 is 170 Å². The number of carboxylic acid groups (broad SMARTS) is 2. The maximum absolute atomic E-state index is 13.7. The average Bonchev–Trinajstić information content (AvgIpc) is 0.771.